The maximum absolute atomic E-state index is 12.4. The molecule has 1 heterocycles. The number of hydrogen-bond acceptors (Lipinski definition) is 6. The second-order valence-corrected chi connectivity index (χ2v) is 9.03. The number of nitrogens with one attached hydrogen (secondary N) is 1. The normalized spacial score (nSPS) is 11.4. The molecule has 0 aliphatic rings. The van der Waals surface area contributed by atoms with Crippen molar-refractivity contribution in [1.29, 1.82) is 0 Å². The van der Waals surface area contributed by atoms with Crippen molar-refractivity contribution in [2.24, 2.45) is 7.05 Å². The molecule has 0 bridgehead atoms. The van der Waals surface area contributed by atoms with Crippen molar-refractivity contribution < 1.29 is 13.2 Å². The quantitative estimate of drug-likeness (QED) is 0.470. The molecule has 2 aromatic carbocycles. The van der Waals surface area contributed by atoms with E-state index in [2.05, 4.69) is 14.9 Å². The van der Waals surface area contributed by atoms with Gasteiger partial charge in [-0.05, 0) is 36.8 Å². The van der Waals surface area contributed by atoms with Gasteiger partial charge in [-0.1, -0.05) is 36.0 Å². The fourth-order valence-electron chi connectivity index (χ4n) is 2.65. The van der Waals surface area contributed by atoms with E-state index >= 15 is 0 Å². The van der Waals surface area contributed by atoms with Crippen LogP contribution in [0, 0.1) is 6.92 Å². The van der Waals surface area contributed by atoms with Gasteiger partial charge in [0.2, 0.25) is 10.0 Å². The number of carbonyl (C=O) groups excluding carboxylic acids is 1. The van der Waals surface area contributed by atoms with Gasteiger partial charge in [0.25, 0.3) is 0 Å². The third-order valence-electron chi connectivity index (χ3n) is 4.06. The Balaban J connectivity index is 1.68. The van der Waals surface area contributed by atoms with Gasteiger partial charge in [-0.15, -0.1) is 10.2 Å². The van der Waals surface area contributed by atoms with E-state index in [1.54, 1.807) is 24.3 Å². The van der Waals surface area contributed by atoms with Gasteiger partial charge in [-0.2, -0.15) is 0 Å². The number of anilines is 1. The Labute approximate surface area is 168 Å². The Morgan fingerprint density at radius 1 is 1.11 bits per heavy atom. The molecule has 28 heavy (non-hydrogen) atoms. The summed E-state index contributed by atoms with van der Waals surface area (Å²) in [5.41, 5.74) is 3.04. The van der Waals surface area contributed by atoms with E-state index in [1.807, 2.05) is 42.8 Å². The van der Waals surface area contributed by atoms with E-state index in [1.165, 1.54) is 11.8 Å². The summed E-state index contributed by atoms with van der Waals surface area (Å²) < 4.78 is 26.7. The minimum Gasteiger partial charge on any atom is -0.305 e. The molecule has 0 saturated heterocycles. The number of hydrogen-bond donors (Lipinski definition) is 1. The lowest BCUT2D eigenvalue weighted by molar-refractivity contribution is 0.102. The summed E-state index contributed by atoms with van der Waals surface area (Å²) in [6, 6.07) is 14.3. The molecule has 9 heteroatoms. The molecule has 0 radical (unpaired) electrons. The Morgan fingerprint density at radius 2 is 1.79 bits per heavy atom. The summed E-state index contributed by atoms with van der Waals surface area (Å²) in [6.45, 7) is 2.02. The van der Waals surface area contributed by atoms with Crippen LogP contribution in [0.4, 0.5) is 5.69 Å². The van der Waals surface area contributed by atoms with Gasteiger partial charge in [0, 0.05) is 23.9 Å². The summed E-state index contributed by atoms with van der Waals surface area (Å²) >= 11 is 1.31. The average molecular weight is 417 g/mol. The minimum absolute atomic E-state index is 0.0728. The Bertz CT molecular complexity index is 1110. The Kier molecular flexibility index (Phi) is 5.85. The highest BCUT2D eigenvalue weighted by atomic mass is 32.2. The minimum atomic E-state index is -3.34. The highest BCUT2D eigenvalue weighted by Gasteiger charge is 2.15. The summed E-state index contributed by atoms with van der Waals surface area (Å²) in [6.07, 6.45) is 1.08. The maximum Gasteiger partial charge on any atom is 0.229 e. The van der Waals surface area contributed by atoms with E-state index in [4.69, 9.17) is 0 Å². The molecule has 0 atom stereocenters. The molecule has 0 amide bonds. The lowest BCUT2D eigenvalue weighted by Crippen LogP contribution is -2.10. The topological polar surface area (TPSA) is 94.0 Å². The molecule has 0 unspecified atom stereocenters. The van der Waals surface area contributed by atoms with Crippen molar-refractivity contribution in [3.63, 3.8) is 0 Å². The first-order valence-corrected chi connectivity index (χ1v) is 11.3. The van der Waals surface area contributed by atoms with Crippen molar-refractivity contribution in [3.8, 4) is 11.4 Å². The Morgan fingerprint density at radius 3 is 2.43 bits per heavy atom. The number of Topliss-reactive ketones (excluding diaryl/α,β-unsaturated/α-hetero) is 1. The fraction of sp³-hybridized carbons (Fsp3) is 0.211. The van der Waals surface area contributed by atoms with Crippen molar-refractivity contribution in [2.75, 3.05) is 16.7 Å². The third kappa shape index (κ3) is 4.79. The van der Waals surface area contributed by atoms with E-state index in [-0.39, 0.29) is 11.5 Å². The molecule has 0 spiro atoms. The number of aryl methyl sites for hydroxylation is 1. The summed E-state index contributed by atoms with van der Waals surface area (Å²) in [4.78, 5) is 12.4. The summed E-state index contributed by atoms with van der Waals surface area (Å²) in [7, 11) is -1.47. The first-order chi connectivity index (χ1) is 13.2. The Hall–Kier alpha value is -2.65. The second-order valence-electron chi connectivity index (χ2n) is 6.34. The van der Waals surface area contributed by atoms with E-state index in [0.717, 1.165) is 23.2 Å². The van der Waals surface area contributed by atoms with Crippen LogP contribution in [0.2, 0.25) is 0 Å². The number of sulfonamides is 1. The molecular weight excluding hydrogens is 396 g/mol. The molecule has 7 nitrogen and oxygen atoms in total. The standard InChI is InChI=1S/C19H20N4O3S2/c1-13-6-4-5-7-16(13)18-20-21-19(23(18)2)27-12-17(24)14-8-10-15(11-9-14)22-28(3,25)26/h4-11,22H,12H2,1-3H3. The number of benzene rings is 2. The van der Waals surface area contributed by atoms with Gasteiger partial charge in [-0.25, -0.2) is 8.42 Å². The molecule has 0 aliphatic carbocycles. The van der Waals surface area contributed by atoms with Gasteiger partial charge in [-0.3, -0.25) is 9.52 Å². The summed E-state index contributed by atoms with van der Waals surface area (Å²) in [5, 5.41) is 9.11. The smallest absolute Gasteiger partial charge is 0.229 e. The molecule has 0 saturated carbocycles. The van der Waals surface area contributed by atoms with Crippen molar-refractivity contribution in [3.05, 3.63) is 59.7 Å². The van der Waals surface area contributed by atoms with Crippen LogP contribution >= 0.6 is 11.8 Å². The van der Waals surface area contributed by atoms with E-state index in [0.29, 0.717) is 16.4 Å². The van der Waals surface area contributed by atoms with E-state index in [9.17, 15) is 13.2 Å². The van der Waals surface area contributed by atoms with Crippen LogP contribution in [-0.2, 0) is 17.1 Å². The van der Waals surface area contributed by atoms with Gasteiger partial charge < -0.3 is 4.57 Å². The molecular formula is C19H20N4O3S2. The van der Waals surface area contributed by atoms with Gasteiger partial charge in [0.05, 0.1) is 12.0 Å². The molecule has 0 aliphatic heterocycles. The van der Waals surface area contributed by atoms with Crippen LogP contribution in [0.5, 0.6) is 0 Å². The zero-order valence-corrected chi connectivity index (χ0v) is 17.3. The molecule has 146 valence electrons. The first kappa shape index (κ1) is 20.1. The van der Waals surface area contributed by atoms with Crippen molar-refractivity contribution in [1.82, 2.24) is 14.8 Å². The molecule has 3 aromatic rings. The monoisotopic (exact) mass is 416 g/mol. The van der Waals surface area contributed by atoms with Crippen LogP contribution in [0.1, 0.15) is 15.9 Å². The summed E-state index contributed by atoms with van der Waals surface area (Å²) in [5.74, 6) is 0.888. The zero-order valence-electron chi connectivity index (χ0n) is 15.7. The van der Waals surface area contributed by atoms with Gasteiger partial charge >= 0.3 is 0 Å². The molecule has 3 rings (SSSR count). The second kappa shape index (κ2) is 8.15. The lowest BCUT2D eigenvalue weighted by atomic mass is 10.1. The highest BCUT2D eigenvalue weighted by Crippen LogP contribution is 2.25. The van der Waals surface area contributed by atoms with Gasteiger partial charge in [0.15, 0.2) is 16.8 Å². The van der Waals surface area contributed by atoms with Crippen molar-refractivity contribution in [2.45, 2.75) is 12.1 Å². The molecule has 0 fully saturated rings. The predicted molar refractivity (Wildman–Crippen MR) is 111 cm³/mol. The number of carbonyl (C=O) groups is 1. The lowest BCUT2D eigenvalue weighted by Gasteiger charge is -2.07. The van der Waals surface area contributed by atoms with Crippen LogP contribution in [0.15, 0.2) is 53.7 Å². The third-order valence-corrected chi connectivity index (χ3v) is 5.69. The predicted octanol–water partition coefficient (Wildman–Crippen LogP) is 3.14. The molecule has 1 N–H and O–H groups in total. The number of ketones is 1. The number of rotatable bonds is 7. The number of thioether (sulfide) groups is 1. The van der Waals surface area contributed by atoms with Crippen LogP contribution in [-0.4, -0.2) is 41.0 Å². The average Bonchev–Trinajstić information content (AvgIpc) is 3.00. The van der Waals surface area contributed by atoms with Crippen LogP contribution in [0.3, 0.4) is 0 Å². The highest BCUT2D eigenvalue weighted by molar-refractivity contribution is 7.99. The van der Waals surface area contributed by atoms with Crippen molar-refractivity contribution >= 4 is 33.3 Å². The SMILES string of the molecule is Cc1ccccc1-c1nnc(SCC(=O)c2ccc(NS(C)(=O)=O)cc2)n1C. The fourth-order valence-corrected chi connectivity index (χ4v) is 4.02. The molecule has 1 aromatic heterocycles. The van der Waals surface area contributed by atoms with Gasteiger partial charge in [0.1, 0.15) is 0 Å². The number of aromatic nitrogens is 3. The maximum atomic E-state index is 12.4. The number of nitrogens with zero attached hydrogens (tertiary/aromatic N) is 3. The van der Waals surface area contributed by atoms with E-state index < -0.39 is 10.0 Å². The first-order valence-electron chi connectivity index (χ1n) is 8.44. The van der Waals surface area contributed by atoms with Crippen LogP contribution < -0.4 is 4.72 Å². The van der Waals surface area contributed by atoms with Crippen LogP contribution in [0.25, 0.3) is 11.4 Å². The largest absolute Gasteiger partial charge is 0.305 e. The zero-order chi connectivity index (χ0) is 20.3.